The maximum Gasteiger partial charge on any atom is 0.321 e. The zero-order valence-electron chi connectivity index (χ0n) is 17.0. The number of nitrogens with one attached hydrogen (secondary N) is 1. The number of hydrogen-bond donors (Lipinski definition) is 1. The molecule has 0 radical (unpaired) electrons. The van der Waals surface area contributed by atoms with Crippen molar-refractivity contribution in [2.45, 2.75) is 39.0 Å². The van der Waals surface area contributed by atoms with E-state index in [4.69, 9.17) is 0 Å². The maximum absolute atomic E-state index is 13.0. The van der Waals surface area contributed by atoms with Gasteiger partial charge in [0.15, 0.2) is 0 Å². The summed E-state index contributed by atoms with van der Waals surface area (Å²) in [6.45, 7) is 8.68. The van der Waals surface area contributed by atoms with Crippen LogP contribution in [0.1, 0.15) is 48.0 Å². The molecule has 3 fully saturated rings. The molecule has 0 aromatic heterocycles. The number of nitrogens with zero attached hydrogens (tertiary/aromatic N) is 3. The molecular weight excluding hydrogens is 352 g/mol. The Morgan fingerprint density at radius 3 is 2.46 bits per heavy atom. The highest BCUT2D eigenvalue weighted by Gasteiger charge is 2.30. The van der Waals surface area contributed by atoms with E-state index in [0.717, 1.165) is 57.5 Å². The van der Waals surface area contributed by atoms with Crippen molar-refractivity contribution < 1.29 is 9.59 Å². The number of hydrogen-bond acceptors (Lipinski definition) is 3. The molecule has 1 aromatic carbocycles. The minimum Gasteiger partial charge on any atom is -0.339 e. The summed E-state index contributed by atoms with van der Waals surface area (Å²) < 4.78 is 0. The van der Waals surface area contributed by atoms with E-state index in [9.17, 15) is 9.59 Å². The van der Waals surface area contributed by atoms with Crippen LogP contribution in [0.2, 0.25) is 0 Å². The van der Waals surface area contributed by atoms with Crippen LogP contribution in [0.5, 0.6) is 0 Å². The van der Waals surface area contributed by atoms with Crippen molar-refractivity contribution in [2.75, 3.05) is 51.1 Å². The van der Waals surface area contributed by atoms with Crippen LogP contribution in [0.3, 0.4) is 0 Å². The normalized spacial score (nSPS) is 22.8. The third-order valence-electron chi connectivity index (χ3n) is 6.41. The smallest absolute Gasteiger partial charge is 0.321 e. The van der Waals surface area contributed by atoms with Gasteiger partial charge >= 0.3 is 6.03 Å². The molecule has 6 heteroatoms. The van der Waals surface area contributed by atoms with Crippen molar-refractivity contribution in [3.63, 3.8) is 0 Å². The van der Waals surface area contributed by atoms with E-state index < -0.39 is 0 Å². The summed E-state index contributed by atoms with van der Waals surface area (Å²) in [7, 11) is 0. The van der Waals surface area contributed by atoms with Crippen LogP contribution in [0.4, 0.5) is 10.5 Å². The first-order valence-corrected chi connectivity index (χ1v) is 10.8. The fourth-order valence-electron chi connectivity index (χ4n) is 4.82. The lowest BCUT2D eigenvalue weighted by molar-refractivity contribution is 0.0793. The largest absolute Gasteiger partial charge is 0.339 e. The van der Waals surface area contributed by atoms with Gasteiger partial charge in [-0.3, -0.25) is 4.79 Å². The molecule has 3 saturated heterocycles. The highest BCUT2D eigenvalue weighted by molar-refractivity contribution is 6.04. The Morgan fingerprint density at radius 2 is 1.71 bits per heavy atom. The van der Waals surface area contributed by atoms with Gasteiger partial charge in [0.2, 0.25) is 0 Å². The fraction of sp³-hybridized carbons (Fsp3) is 0.636. The second kappa shape index (κ2) is 8.52. The van der Waals surface area contributed by atoms with E-state index in [2.05, 4.69) is 10.2 Å². The van der Waals surface area contributed by atoms with Crippen molar-refractivity contribution in [1.82, 2.24) is 14.7 Å². The molecule has 1 N–H and O–H groups in total. The van der Waals surface area contributed by atoms with E-state index in [1.807, 2.05) is 34.9 Å². The fourth-order valence-corrected chi connectivity index (χ4v) is 4.82. The Morgan fingerprint density at radius 1 is 1.00 bits per heavy atom. The second-order valence-electron chi connectivity index (χ2n) is 8.54. The molecule has 0 saturated carbocycles. The Kier molecular flexibility index (Phi) is 5.85. The zero-order chi connectivity index (χ0) is 19.5. The molecule has 1 aromatic rings. The van der Waals surface area contributed by atoms with Gasteiger partial charge in [0.05, 0.1) is 11.3 Å². The maximum atomic E-state index is 13.0. The third kappa shape index (κ3) is 4.17. The van der Waals surface area contributed by atoms with Gasteiger partial charge in [-0.1, -0.05) is 12.1 Å². The second-order valence-corrected chi connectivity index (χ2v) is 8.54. The van der Waals surface area contributed by atoms with E-state index >= 15 is 0 Å². The first kappa shape index (κ1) is 19.2. The monoisotopic (exact) mass is 384 g/mol. The molecule has 0 unspecified atom stereocenters. The number of carbonyl (C=O) groups is 2. The lowest BCUT2D eigenvalue weighted by Gasteiger charge is -2.23. The topological polar surface area (TPSA) is 55.9 Å². The van der Waals surface area contributed by atoms with Gasteiger partial charge in [0.25, 0.3) is 5.91 Å². The molecule has 28 heavy (non-hydrogen) atoms. The predicted molar refractivity (Wildman–Crippen MR) is 111 cm³/mol. The number of anilines is 1. The van der Waals surface area contributed by atoms with Crippen molar-refractivity contribution in [3.05, 3.63) is 29.3 Å². The van der Waals surface area contributed by atoms with Crippen molar-refractivity contribution >= 4 is 17.6 Å². The molecule has 0 bridgehead atoms. The predicted octanol–water partition coefficient (Wildman–Crippen LogP) is 3.18. The van der Waals surface area contributed by atoms with Gasteiger partial charge in [-0.15, -0.1) is 0 Å². The molecule has 3 heterocycles. The molecule has 152 valence electrons. The molecule has 3 aliphatic heterocycles. The average Bonchev–Trinajstić information content (AvgIpc) is 3.45. The number of amides is 3. The number of carbonyl (C=O) groups excluding carboxylic acids is 2. The van der Waals surface area contributed by atoms with E-state index in [1.165, 1.54) is 25.9 Å². The number of rotatable bonds is 4. The van der Waals surface area contributed by atoms with Gasteiger partial charge in [-0.05, 0) is 69.7 Å². The lowest BCUT2D eigenvalue weighted by Crippen LogP contribution is -2.36. The van der Waals surface area contributed by atoms with Crippen molar-refractivity contribution in [3.8, 4) is 0 Å². The van der Waals surface area contributed by atoms with Crippen LogP contribution < -0.4 is 5.32 Å². The lowest BCUT2D eigenvalue weighted by atomic mass is 10.1. The zero-order valence-corrected chi connectivity index (χ0v) is 17.0. The molecule has 4 rings (SSSR count). The number of aryl methyl sites for hydroxylation is 1. The van der Waals surface area contributed by atoms with Crippen LogP contribution in [-0.2, 0) is 0 Å². The van der Waals surface area contributed by atoms with Crippen LogP contribution in [0, 0.1) is 12.8 Å². The summed E-state index contributed by atoms with van der Waals surface area (Å²) in [5.74, 6) is 0.603. The summed E-state index contributed by atoms with van der Waals surface area (Å²) in [6.07, 6.45) is 5.80. The van der Waals surface area contributed by atoms with E-state index in [-0.39, 0.29) is 11.9 Å². The number of benzene rings is 1. The molecule has 0 spiro atoms. The molecule has 3 amide bonds. The number of urea groups is 1. The van der Waals surface area contributed by atoms with E-state index in [1.54, 1.807) is 0 Å². The Labute approximate surface area is 167 Å². The summed E-state index contributed by atoms with van der Waals surface area (Å²) in [5.41, 5.74) is 2.21. The third-order valence-corrected chi connectivity index (χ3v) is 6.41. The average molecular weight is 385 g/mol. The summed E-state index contributed by atoms with van der Waals surface area (Å²) in [6, 6.07) is 5.63. The molecular formula is C22H32N4O2. The van der Waals surface area contributed by atoms with Crippen LogP contribution in [0.15, 0.2) is 18.2 Å². The van der Waals surface area contributed by atoms with Gasteiger partial charge in [-0.2, -0.15) is 0 Å². The molecule has 0 aliphatic carbocycles. The minimum atomic E-state index is -0.0787. The van der Waals surface area contributed by atoms with Crippen LogP contribution in [0.25, 0.3) is 0 Å². The summed E-state index contributed by atoms with van der Waals surface area (Å²) >= 11 is 0. The molecule has 1 atom stereocenters. The van der Waals surface area contributed by atoms with Crippen molar-refractivity contribution in [1.29, 1.82) is 0 Å². The summed E-state index contributed by atoms with van der Waals surface area (Å²) in [4.78, 5) is 32.2. The molecule has 3 aliphatic rings. The van der Waals surface area contributed by atoms with Gasteiger partial charge in [-0.25, -0.2) is 4.79 Å². The first-order valence-electron chi connectivity index (χ1n) is 10.8. The Hall–Kier alpha value is -2.08. The highest BCUT2D eigenvalue weighted by Crippen LogP contribution is 2.25. The first-order chi connectivity index (χ1) is 13.6. The van der Waals surface area contributed by atoms with Gasteiger partial charge in [0.1, 0.15) is 0 Å². The standard InChI is InChI=1S/C22H32N4O2/c1-17-7-6-8-19(20(17)21(27)25-12-4-5-13-25)23-22(28)26-14-9-18(16-26)15-24-10-2-3-11-24/h6-8,18H,2-5,9-16H2,1H3,(H,23,28)/t18-/m0/s1. The van der Waals surface area contributed by atoms with Gasteiger partial charge < -0.3 is 20.0 Å². The molecule has 6 nitrogen and oxygen atoms in total. The van der Waals surface area contributed by atoms with Crippen LogP contribution >= 0.6 is 0 Å². The quantitative estimate of drug-likeness (QED) is 0.867. The van der Waals surface area contributed by atoms with E-state index in [0.29, 0.717) is 17.2 Å². The van der Waals surface area contributed by atoms with Gasteiger partial charge in [0, 0.05) is 32.7 Å². The SMILES string of the molecule is Cc1cccc(NC(=O)N2CC[C@@H](CN3CCCC3)C2)c1C(=O)N1CCCC1. The van der Waals surface area contributed by atoms with Crippen LogP contribution in [-0.4, -0.2) is 72.5 Å². The Bertz CT molecular complexity index is 723. The minimum absolute atomic E-state index is 0.0410. The van der Waals surface area contributed by atoms with Crippen molar-refractivity contribution in [2.24, 2.45) is 5.92 Å². The number of likely N-dealkylation sites (tertiary alicyclic amines) is 3. The summed E-state index contributed by atoms with van der Waals surface area (Å²) in [5, 5.41) is 3.04. The Balaban J connectivity index is 1.40. The highest BCUT2D eigenvalue weighted by atomic mass is 16.2.